The van der Waals surface area contributed by atoms with Crippen molar-refractivity contribution >= 4 is 11.8 Å². The van der Waals surface area contributed by atoms with Crippen LogP contribution in [0, 0.1) is 0 Å². The molecule has 1 unspecified atom stereocenters. The summed E-state index contributed by atoms with van der Waals surface area (Å²) in [5, 5.41) is 7.06. The van der Waals surface area contributed by atoms with Crippen LogP contribution in [0.5, 0.6) is 0 Å². The minimum Gasteiger partial charge on any atom is -0.468 e. The molecule has 1 atom stereocenters. The van der Waals surface area contributed by atoms with Crippen molar-refractivity contribution in [3.63, 3.8) is 0 Å². The molecule has 0 radical (unpaired) electrons. The quantitative estimate of drug-likeness (QED) is 0.803. The number of nitrogens with two attached hydrogens (primary N) is 1. The minimum atomic E-state index is -0.206. The zero-order valence-electron chi connectivity index (χ0n) is 10.3. The highest BCUT2D eigenvalue weighted by Gasteiger charge is 2.20. The highest BCUT2D eigenvalue weighted by atomic mass is 32.2. The molecule has 98 valence electrons. The Morgan fingerprint density at radius 1 is 1.61 bits per heavy atom. The summed E-state index contributed by atoms with van der Waals surface area (Å²) in [6.07, 6.45) is 1.61. The van der Waals surface area contributed by atoms with Gasteiger partial charge in [-0.3, -0.25) is 4.57 Å². The van der Waals surface area contributed by atoms with Gasteiger partial charge in [-0.05, 0) is 26.0 Å². The third-order valence-electron chi connectivity index (χ3n) is 2.51. The molecule has 2 aromatic heterocycles. The lowest BCUT2D eigenvalue weighted by molar-refractivity contribution is 0.503. The van der Waals surface area contributed by atoms with Gasteiger partial charge in [0, 0.05) is 12.6 Å². The largest absolute Gasteiger partial charge is 0.468 e. The van der Waals surface area contributed by atoms with E-state index < -0.39 is 0 Å². The van der Waals surface area contributed by atoms with E-state index in [4.69, 9.17) is 10.2 Å². The van der Waals surface area contributed by atoms with Crippen molar-refractivity contribution in [3.05, 3.63) is 34.6 Å². The molecule has 0 aliphatic rings. The fourth-order valence-corrected chi connectivity index (χ4v) is 2.76. The van der Waals surface area contributed by atoms with Gasteiger partial charge in [0.05, 0.1) is 11.5 Å². The molecule has 0 saturated heterocycles. The molecule has 0 bridgehead atoms. The first kappa shape index (κ1) is 13.0. The van der Waals surface area contributed by atoms with Crippen LogP contribution in [0.1, 0.15) is 30.9 Å². The van der Waals surface area contributed by atoms with Crippen molar-refractivity contribution in [2.75, 3.05) is 6.54 Å². The average Bonchev–Trinajstić information content (AvgIpc) is 2.95. The highest BCUT2D eigenvalue weighted by molar-refractivity contribution is 7.99. The number of nitrogens with zero attached hydrogens (tertiary/aromatic N) is 2. The van der Waals surface area contributed by atoms with Crippen LogP contribution in [0.3, 0.4) is 0 Å². The lowest BCUT2D eigenvalue weighted by Crippen LogP contribution is -2.20. The van der Waals surface area contributed by atoms with E-state index in [1.54, 1.807) is 10.8 Å². The standard InChI is InChI=1S/C11H16N4O2S/c1-7(2)15-10(16)13-14-11(15)18-9(6-12)8-4-3-5-17-8/h3-5,7,9H,6,12H2,1-2H3,(H,13,16). The second kappa shape index (κ2) is 5.45. The van der Waals surface area contributed by atoms with Crippen LogP contribution in [0.25, 0.3) is 0 Å². The molecule has 6 nitrogen and oxygen atoms in total. The predicted molar refractivity (Wildman–Crippen MR) is 69.6 cm³/mol. The highest BCUT2D eigenvalue weighted by Crippen LogP contribution is 2.33. The molecular formula is C11H16N4O2S. The lowest BCUT2D eigenvalue weighted by Gasteiger charge is -2.13. The minimum absolute atomic E-state index is 0.0484. The molecule has 2 rings (SSSR count). The number of nitrogens with one attached hydrogen (secondary N) is 1. The monoisotopic (exact) mass is 268 g/mol. The second-order valence-electron chi connectivity index (χ2n) is 4.13. The summed E-state index contributed by atoms with van der Waals surface area (Å²) in [6.45, 7) is 4.29. The van der Waals surface area contributed by atoms with Crippen molar-refractivity contribution in [2.45, 2.75) is 30.3 Å². The topological polar surface area (TPSA) is 89.8 Å². The second-order valence-corrected chi connectivity index (χ2v) is 5.30. The Hall–Kier alpha value is -1.47. The SMILES string of the molecule is CC(C)n1c(SC(CN)c2ccco2)n[nH]c1=O. The first-order valence-electron chi connectivity index (χ1n) is 5.70. The molecule has 2 aromatic rings. The van der Waals surface area contributed by atoms with Crippen molar-refractivity contribution in [1.29, 1.82) is 0 Å². The number of aromatic amines is 1. The van der Waals surface area contributed by atoms with E-state index in [1.807, 2.05) is 26.0 Å². The molecule has 0 aromatic carbocycles. The zero-order chi connectivity index (χ0) is 13.1. The summed E-state index contributed by atoms with van der Waals surface area (Å²) in [4.78, 5) is 11.6. The summed E-state index contributed by atoms with van der Waals surface area (Å²) >= 11 is 1.42. The summed E-state index contributed by atoms with van der Waals surface area (Å²) in [5.74, 6) is 0.785. The van der Waals surface area contributed by atoms with Crippen LogP contribution in [-0.4, -0.2) is 21.3 Å². The van der Waals surface area contributed by atoms with Gasteiger partial charge in [-0.1, -0.05) is 11.8 Å². The summed E-state index contributed by atoms with van der Waals surface area (Å²) in [6, 6.07) is 3.74. The Labute approximate surface area is 109 Å². The van der Waals surface area contributed by atoms with E-state index >= 15 is 0 Å². The summed E-state index contributed by atoms with van der Waals surface area (Å²) < 4.78 is 6.95. The predicted octanol–water partition coefficient (Wildman–Crippen LogP) is 1.54. The van der Waals surface area contributed by atoms with Gasteiger partial charge in [0.25, 0.3) is 0 Å². The number of hydrogen-bond donors (Lipinski definition) is 2. The smallest absolute Gasteiger partial charge is 0.344 e. The Morgan fingerprint density at radius 2 is 2.39 bits per heavy atom. The van der Waals surface area contributed by atoms with Crippen LogP contribution in [-0.2, 0) is 0 Å². The number of thioether (sulfide) groups is 1. The molecule has 0 saturated carbocycles. The van der Waals surface area contributed by atoms with Crippen molar-refractivity contribution in [1.82, 2.24) is 14.8 Å². The fourth-order valence-electron chi connectivity index (χ4n) is 1.65. The van der Waals surface area contributed by atoms with Crippen LogP contribution in [0.4, 0.5) is 0 Å². The van der Waals surface area contributed by atoms with Crippen LogP contribution >= 0.6 is 11.8 Å². The van der Waals surface area contributed by atoms with E-state index in [0.717, 1.165) is 5.76 Å². The molecule has 0 amide bonds. The van der Waals surface area contributed by atoms with Crippen molar-refractivity contribution in [2.24, 2.45) is 5.73 Å². The van der Waals surface area contributed by atoms with Gasteiger partial charge in [-0.2, -0.15) is 0 Å². The number of aromatic nitrogens is 3. The van der Waals surface area contributed by atoms with Gasteiger partial charge in [0.1, 0.15) is 5.76 Å². The average molecular weight is 268 g/mol. The van der Waals surface area contributed by atoms with Crippen molar-refractivity contribution in [3.8, 4) is 0 Å². The molecule has 18 heavy (non-hydrogen) atoms. The van der Waals surface area contributed by atoms with E-state index in [9.17, 15) is 4.79 Å². The lowest BCUT2D eigenvalue weighted by atomic mass is 10.3. The van der Waals surface area contributed by atoms with Gasteiger partial charge in [-0.15, -0.1) is 5.10 Å². The maximum absolute atomic E-state index is 11.6. The first-order chi connectivity index (χ1) is 8.63. The van der Waals surface area contributed by atoms with Gasteiger partial charge < -0.3 is 10.2 Å². The number of rotatable bonds is 5. The van der Waals surface area contributed by atoms with E-state index in [2.05, 4.69) is 10.2 Å². The Morgan fingerprint density at radius 3 is 2.94 bits per heavy atom. The van der Waals surface area contributed by atoms with Crippen LogP contribution in [0.2, 0.25) is 0 Å². The van der Waals surface area contributed by atoms with E-state index in [0.29, 0.717) is 11.7 Å². The van der Waals surface area contributed by atoms with E-state index in [-0.39, 0.29) is 17.0 Å². The Bertz CT molecular complexity index is 544. The molecule has 3 N–H and O–H groups in total. The van der Waals surface area contributed by atoms with Crippen molar-refractivity contribution < 1.29 is 4.42 Å². The summed E-state index contributed by atoms with van der Waals surface area (Å²) in [5.41, 5.74) is 5.53. The molecule has 0 fully saturated rings. The van der Waals surface area contributed by atoms with Gasteiger partial charge in [0.15, 0.2) is 5.16 Å². The number of furan rings is 1. The third-order valence-corrected chi connectivity index (χ3v) is 3.72. The molecule has 7 heteroatoms. The van der Waals surface area contributed by atoms with Crippen LogP contribution in [0.15, 0.2) is 32.8 Å². The maximum Gasteiger partial charge on any atom is 0.344 e. The van der Waals surface area contributed by atoms with E-state index in [1.165, 1.54) is 11.8 Å². The molecular weight excluding hydrogens is 252 g/mol. The first-order valence-corrected chi connectivity index (χ1v) is 6.58. The van der Waals surface area contributed by atoms with Gasteiger partial charge in [0.2, 0.25) is 0 Å². The van der Waals surface area contributed by atoms with Crippen LogP contribution < -0.4 is 11.4 Å². The summed E-state index contributed by atoms with van der Waals surface area (Å²) in [7, 11) is 0. The fraction of sp³-hybridized carbons (Fsp3) is 0.455. The Kier molecular flexibility index (Phi) is 3.93. The zero-order valence-corrected chi connectivity index (χ0v) is 11.1. The number of hydrogen-bond acceptors (Lipinski definition) is 5. The van der Waals surface area contributed by atoms with Gasteiger partial charge >= 0.3 is 5.69 Å². The maximum atomic E-state index is 11.6. The normalized spacial score (nSPS) is 13.1. The molecule has 0 spiro atoms. The molecule has 2 heterocycles. The van der Waals surface area contributed by atoms with Gasteiger partial charge in [-0.25, -0.2) is 9.89 Å². The number of H-pyrrole nitrogens is 1. The molecule has 0 aliphatic carbocycles. The Balaban J connectivity index is 2.25. The third kappa shape index (κ3) is 2.51. The molecule has 0 aliphatic heterocycles.